The van der Waals surface area contributed by atoms with Gasteiger partial charge in [0.2, 0.25) is 0 Å². The topological polar surface area (TPSA) is 47.7 Å². The van der Waals surface area contributed by atoms with Crippen molar-refractivity contribution in [2.75, 3.05) is 0 Å². The zero-order valence-electron chi connectivity index (χ0n) is 13.3. The highest BCUT2D eigenvalue weighted by Crippen LogP contribution is 2.30. The van der Waals surface area contributed by atoms with Gasteiger partial charge in [-0.2, -0.15) is 10.2 Å². The maximum atomic E-state index is 4.77. The summed E-state index contributed by atoms with van der Waals surface area (Å²) in [5, 5.41) is 12.9. The minimum atomic E-state index is 0.425. The molecule has 0 saturated heterocycles. The molecule has 22 heavy (non-hydrogen) atoms. The average molecular weight is 299 g/mol. The summed E-state index contributed by atoms with van der Waals surface area (Å²) in [5.74, 6) is 0. The lowest BCUT2D eigenvalue weighted by molar-refractivity contribution is 0.436. The fourth-order valence-electron chi connectivity index (χ4n) is 3.99. The molecule has 2 aliphatic carbocycles. The Morgan fingerprint density at radius 3 is 2.95 bits per heavy atom. The molecule has 2 aromatic heterocycles. The molecule has 2 aliphatic rings. The molecule has 1 atom stereocenters. The van der Waals surface area contributed by atoms with E-state index in [1.54, 1.807) is 0 Å². The van der Waals surface area contributed by atoms with Gasteiger partial charge in [-0.3, -0.25) is 9.36 Å². The van der Waals surface area contributed by atoms with E-state index in [2.05, 4.69) is 27.4 Å². The monoisotopic (exact) mass is 299 g/mol. The van der Waals surface area contributed by atoms with Crippen molar-refractivity contribution in [3.05, 3.63) is 35.4 Å². The van der Waals surface area contributed by atoms with E-state index in [0.29, 0.717) is 12.1 Å². The molecule has 0 aromatic carbocycles. The summed E-state index contributed by atoms with van der Waals surface area (Å²) in [5.41, 5.74) is 3.92. The zero-order chi connectivity index (χ0) is 14.9. The molecule has 4 rings (SSSR count). The van der Waals surface area contributed by atoms with Crippen LogP contribution >= 0.6 is 0 Å². The normalized spacial score (nSPS) is 22.1. The number of aromatic nitrogens is 4. The standard InChI is InChI=1S/C17H25N5/c1-21-17-8-4-7-16(15(17)12-19-21)18-11-13-9-10-22(20-13)14-5-2-3-6-14/h9-10,12,14,16,18H,2-8,11H2,1H3. The van der Waals surface area contributed by atoms with Crippen LogP contribution in [0.25, 0.3) is 0 Å². The van der Waals surface area contributed by atoms with Gasteiger partial charge in [-0.15, -0.1) is 0 Å². The SMILES string of the molecule is Cn1ncc2c1CCCC2NCc1ccn(C2CCCC2)n1. The summed E-state index contributed by atoms with van der Waals surface area (Å²) in [6.07, 6.45) is 13.1. The van der Waals surface area contributed by atoms with Crippen LogP contribution in [0.3, 0.4) is 0 Å². The third kappa shape index (κ3) is 2.58. The predicted octanol–water partition coefficient (Wildman–Crippen LogP) is 2.90. The number of fused-ring (bicyclic) bond motifs is 1. The summed E-state index contributed by atoms with van der Waals surface area (Å²) in [4.78, 5) is 0. The minimum Gasteiger partial charge on any atom is -0.304 e. The van der Waals surface area contributed by atoms with Crippen molar-refractivity contribution in [1.29, 1.82) is 0 Å². The molecule has 1 N–H and O–H groups in total. The Morgan fingerprint density at radius 1 is 1.23 bits per heavy atom. The summed E-state index contributed by atoms with van der Waals surface area (Å²) < 4.78 is 4.21. The smallest absolute Gasteiger partial charge is 0.0762 e. The second-order valence-corrected chi connectivity index (χ2v) is 6.72. The predicted molar refractivity (Wildman–Crippen MR) is 85.5 cm³/mol. The highest BCUT2D eigenvalue weighted by Gasteiger charge is 2.23. The van der Waals surface area contributed by atoms with E-state index in [-0.39, 0.29) is 0 Å². The van der Waals surface area contributed by atoms with Gasteiger partial charge in [-0.1, -0.05) is 12.8 Å². The van der Waals surface area contributed by atoms with Gasteiger partial charge in [0.1, 0.15) is 0 Å². The maximum absolute atomic E-state index is 4.77. The molecular formula is C17H25N5. The third-order valence-electron chi connectivity index (χ3n) is 5.27. The van der Waals surface area contributed by atoms with Crippen LogP contribution in [0.4, 0.5) is 0 Å². The number of rotatable bonds is 4. The van der Waals surface area contributed by atoms with Crippen LogP contribution in [0, 0.1) is 0 Å². The average Bonchev–Trinajstić information content (AvgIpc) is 3.26. The van der Waals surface area contributed by atoms with Crippen LogP contribution in [-0.2, 0) is 20.0 Å². The lowest BCUT2D eigenvalue weighted by atomic mass is 9.93. The van der Waals surface area contributed by atoms with Crippen molar-refractivity contribution in [2.45, 2.75) is 63.6 Å². The first-order valence-corrected chi connectivity index (χ1v) is 8.59. The highest BCUT2D eigenvalue weighted by atomic mass is 15.3. The molecule has 0 amide bonds. The summed E-state index contributed by atoms with van der Waals surface area (Å²) in [6, 6.07) is 3.22. The highest BCUT2D eigenvalue weighted by molar-refractivity contribution is 5.24. The van der Waals surface area contributed by atoms with E-state index in [0.717, 1.165) is 18.7 Å². The minimum absolute atomic E-state index is 0.425. The molecule has 2 heterocycles. The first-order valence-electron chi connectivity index (χ1n) is 8.59. The fraction of sp³-hybridized carbons (Fsp3) is 0.647. The molecule has 5 heteroatoms. The summed E-state index contributed by atoms with van der Waals surface area (Å²) in [6.45, 7) is 0.846. The number of hydrogen-bond donors (Lipinski definition) is 1. The van der Waals surface area contributed by atoms with Crippen LogP contribution in [0.15, 0.2) is 18.5 Å². The molecule has 2 aromatic rings. The van der Waals surface area contributed by atoms with Crippen molar-refractivity contribution < 1.29 is 0 Å². The van der Waals surface area contributed by atoms with E-state index in [1.807, 2.05) is 17.9 Å². The molecule has 5 nitrogen and oxygen atoms in total. The molecule has 0 spiro atoms. The van der Waals surface area contributed by atoms with Crippen LogP contribution in [0.5, 0.6) is 0 Å². The lowest BCUT2D eigenvalue weighted by Crippen LogP contribution is -2.25. The number of nitrogens with zero attached hydrogens (tertiary/aromatic N) is 4. The fourth-order valence-corrected chi connectivity index (χ4v) is 3.99. The molecule has 0 radical (unpaired) electrons. The quantitative estimate of drug-likeness (QED) is 0.944. The lowest BCUT2D eigenvalue weighted by Gasteiger charge is -2.23. The van der Waals surface area contributed by atoms with Crippen molar-refractivity contribution in [2.24, 2.45) is 7.05 Å². The third-order valence-corrected chi connectivity index (χ3v) is 5.27. The molecule has 0 aliphatic heterocycles. The first-order chi connectivity index (χ1) is 10.8. The van der Waals surface area contributed by atoms with Crippen LogP contribution < -0.4 is 5.32 Å². The van der Waals surface area contributed by atoms with Crippen LogP contribution in [0.2, 0.25) is 0 Å². The Labute approximate surface area is 131 Å². The largest absolute Gasteiger partial charge is 0.304 e. The maximum Gasteiger partial charge on any atom is 0.0762 e. The van der Waals surface area contributed by atoms with Crippen molar-refractivity contribution in [3.8, 4) is 0 Å². The number of hydrogen-bond acceptors (Lipinski definition) is 3. The summed E-state index contributed by atoms with van der Waals surface area (Å²) in [7, 11) is 2.05. The van der Waals surface area contributed by atoms with E-state index in [4.69, 9.17) is 5.10 Å². The van der Waals surface area contributed by atoms with Gasteiger partial charge in [0, 0.05) is 37.1 Å². The zero-order valence-corrected chi connectivity index (χ0v) is 13.3. The van der Waals surface area contributed by atoms with E-state index >= 15 is 0 Å². The Balaban J connectivity index is 1.41. The van der Waals surface area contributed by atoms with Crippen LogP contribution in [0.1, 0.15) is 67.6 Å². The Hall–Kier alpha value is -1.62. The molecule has 1 unspecified atom stereocenters. The van der Waals surface area contributed by atoms with Gasteiger partial charge in [0.05, 0.1) is 17.9 Å². The van der Waals surface area contributed by atoms with Gasteiger partial charge in [0.15, 0.2) is 0 Å². The van der Waals surface area contributed by atoms with Gasteiger partial charge >= 0.3 is 0 Å². The number of nitrogens with one attached hydrogen (secondary N) is 1. The first kappa shape index (κ1) is 14.0. The Morgan fingerprint density at radius 2 is 2.09 bits per heavy atom. The van der Waals surface area contributed by atoms with Crippen molar-refractivity contribution >= 4 is 0 Å². The van der Waals surface area contributed by atoms with Gasteiger partial charge in [-0.05, 0) is 38.2 Å². The molecular weight excluding hydrogens is 274 g/mol. The van der Waals surface area contributed by atoms with Crippen molar-refractivity contribution in [1.82, 2.24) is 24.9 Å². The molecule has 118 valence electrons. The molecule has 0 bridgehead atoms. The second-order valence-electron chi connectivity index (χ2n) is 6.72. The Kier molecular flexibility index (Phi) is 3.74. The second kappa shape index (κ2) is 5.88. The van der Waals surface area contributed by atoms with E-state index in [9.17, 15) is 0 Å². The molecule has 1 fully saturated rings. The summed E-state index contributed by atoms with van der Waals surface area (Å²) >= 11 is 0. The Bertz CT molecular complexity index is 635. The van der Waals surface area contributed by atoms with E-state index in [1.165, 1.54) is 49.8 Å². The van der Waals surface area contributed by atoms with Crippen LogP contribution in [-0.4, -0.2) is 19.6 Å². The van der Waals surface area contributed by atoms with Gasteiger partial charge in [-0.25, -0.2) is 0 Å². The van der Waals surface area contributed by atoms with E-state index < -0.39 is 0 Å². The molecule has 1 saturated carbocycles. The van der Waals surface area contributed by atoms with Crippen molar-refractivity contribution in [3.63, 3.8) is 0 Å². The number of aryl methyl sites for hydroxylation is 1. The van der Waals surface area contributed by atoms with Gasteiger partial charge in [0.25, 0.3) is 0 Å². The van der Waals surface area contributed by atoms with Gasteiger partial charge < -0.3 is 5.32 Å².